The van der Waals surface area contributed by atoms with Crippen LogP contribution in [0.4, 0.5) is 0 Å². The maximum atomic E-state index is 10.4. The van der Waals surface area contributed by atoms with Gasteiger partial charge in [-0.1, -0.05) is 17.7 Å². The van der Waals surface area contributed by atoms with Gasteiger partial charge in [0.25, 0.3) is 0 Å². The van der Waals surface area contributed by atoms with Crippen LogP contribution in [-0.2, 0) is 0 Å². The van der Waals surface area contributed by atoms with E-state index in [-0.39, 0.29) is 11.8 Å². The Morgan fingerprint density at radius 3 is 2.90 bits per heavy atom. The Hall–Kier alpha value is -3.25. The normalized spacial score (nSPS) is 19.8. The molecule has 3 aromatic rings. The quantitative estimate of drug-likeness (QED) is 0.682. The van der Waals surface area contributed by atoms with Gasteiger partial charge in [0, 0.05) is 40.5 Å². The topological polar surface area (TPSA) is 67.2 Å². The predicted octanol–water partition coefficient (Wildman–Crippen LogP) is 4.69. The van der Waals surface area contributed by atoms with Crippen molar-refractivity contribution in [3.05, 3.63) is 82.6 Å². The maximum absolute atomic E-state index is 10.4. The first-order valence-corrected chi connectivity index (χ1v) is 9.61. The van der Waals surface area contributed by atoms with Crippen LogP contribution in [0, 0.1) is 0 Å². The minimum absolute atomic E-state index is 0.0664. The summed E-state index contributed by atoms with van der Waals surface area (Å²) in [5.74, 6) is 1.60. The predicted molar refractivity (Wildman–Crippen MR) is 109 cm³/mol. The van der Waals surface area contributed by atoms with E-state index in [1.54, 1.807) is 37.7 Å². The minimum atomic E-state index is -0.423. The Morgan fingerprint density at radius 1 is 1.21 bits per heavy atom. The highest BCUT2D eigenvalue weighted by molar-refractivity contribution is 6.30. The molecule has 0 saturated heterocycles. The van der Waals surface area contributed by atoms with Crippen molar-refractivity contribution in [2.75, 3.05) is 7.11 Å². The summed E-state index contributed by atoms with van der Waals surface area (Å²) in [5.41, 5.74) is 3.28. The van der Waals surface area contributed by atoms with Crippen LogP contribution in [0.25, 0.3) is 0 Å². The van der Waals surface area contributed by atoms with Gasteiger partial charge in [-0.2, -0.15) is 5.10 Å². The van der Waals surface area contributed by atoms with Crippen LogP contribution in [0.2, 0.25) is 5.02 Å². The number of hydrogen-bond acceptors (Lipinski definition) is 6. The largest absolute Gasteiger partial charge is 0.507 e. The third-order valence-corrected chi connectivity index (χ3v) is 5.47. The molecule has 146 valence electrons. The molecular weight excluding hydrogens is 390 g/mol. The van der Waals surface area contributed by atoms with Crippen LogP contribution in [-0.4, -0.2) is 27.9 Å². The summed E-state index contributed by atoms with van der Waals surface area (Å²) in [6, 6.07) is 14.5. The van der Waals surface area contributed by atoms with Crippen molar-refractivity contribution in [2.45, 2.75) is 18.7 Å². The molecule has 2 aromatic carbocycles. The summed E-state index contributed by atoms with van der Waals surface area (Å²) in [5, 5.41) is 17.8. The molecule has 7 heteroatoms. The molecule has 6 nitrogen and oxygen atoms in total. The number of aromatic hydroxyl groups is 1. The molecule has 0 spiro atoms. The first-order chi connectivity index (χ1) is 14.1. The van der Waals surface area contributed by atoms with Crippen molar-refractivity contribution in [3.8, 4) is 17.2 Å². The van der Waals surface area contributed by atoms with Gasteiger partial charge in [0.2, 0.25) is 6.23 Å². The average Bonchev–Trinajstić information content (AvgIpc) is 3.20. The minimum Gasteiger partial charge on any atom is -0.507 e. The Balaban J connectivity index is 1.62. The molecule has 1 aromatic heterocycles. The van der Waals surface area contributed by atoms with Crippen LogP contribution < -0.4 is 9.47 Å². The van der Waals surface area contributed by atoms with E-state index in [0.717, 1.165) is 22.6 Å². The summed E-state index contributed by atoms with van der Waals surface area (Å²) in [7, 11) is 1.60. The zero-order valence-electron chi connectivity index (χ0n) is 15.6. The summed E-state index contributed by atoms with van der Waals surface area (Å²) >= 11 is 6.26. The molecule has 0 amide bonds. The lowest BCUT2D eigenvalue weighted by Crippen LogP contribution is -2.33. The number of phenolic OH excluding ortho intramolecular Hbond substituents is 1. The van der Waals surface area contributed by atoms with E-state index in [1.807, 2.05) is 35.3 Å². The Kier molecular flexibility index (Phi) is 4.28. The lowest BCUT2D eigenvalue weighted by molar-refractivity contribution is -0.0192. The highest BCUT2D eigenvalue weighted by atomic mass is 35.5. The van der Waals surface area contributed by atoms with E-state index in [0.29, 0.717) is 22.8 Å². The summed E-state index contributed by atoms with van der Waals surface area (Å²) in [6.07, 6.45) is 3.69. The van der Waals surface area contributed by atoms with E-state index in [9.17, 15) is 5.11 Å². The van der Waals surface area contributed by atoms with Crippen LogP contribution in [0.1, 0.15) is 35.4 Å². The van der Waals surface area contributed by atoms with Gasteiger partial charge in [0.1, 0.15) is 17.2 Å². The molecule has 1 N–H and O–H groups in total. The lowest BCUT2D eigenvalue weighted by Gasteiger charge is -2.38. The fourth-order valence-corrected chi connectivity index (χ4v) is 4.02. The second kappa shape index (κ2) is 6.97. The standard InChI is InChI=1S/C22H18ClN3O3/c1-28-15-5-6-20(27)16(10-15)18-11-19-17-9-14(23)4-7-21(17)29-22(26(19)25-18)13-3-2-8-24-12-13/h2-10,12,19,22,27H,11H2,1H3/t19-,22-/m0/s1. The van der Waals surface area contributed by atoms with Gasteiger partial charge in [0.15, 0.2) is 0 Å². The van der Waals surface area contributed by atoms with Crippen LogP contribution in [0.15, 0.2) is 66.0 Å². The van der Waals surface area contributed by atoms with Gasteiger partial charge < -0.3 is 14.6 Å². The van der Waals surface area contributed by atoms with Crippen molar-refractivity contribution >= 4 is 17.3 Å². The number of phenols is 1. The molecular formula is C22H18ClN3O3. The number of fused-ring (bicyclic) bond motifs is 3. The number of rotatable bonds is 3. The number of methoxy groups -OCH3 is 1. The third kappa shape index (κ3) is 3.06. The van der Waals surface area contributed by atoms with E-state index < -0.39 is 6.23 Å². The van der Waals surface area contributed by atoms with Gasteiger partial charge in [-0.05, 0) is 42.5 Å². The van der Waals surface area contributed by atoms with E-state index in [1.165, 1.54) is 0 Å². The molecule has 0 radical (unpaired) electrons. The number of nitrogens with zero attached hydrogens (tertiary/aromatic N) is 3. The summed E-state index contributed by atoms with van der Waals surface area (Å²) in [6.45, 7) is 0. The molecule has 2 aliphatic heterocycles. The highest BCUT2D eigenvalue weighted by Crippen LogP contribution is 2.48. The van der Waals surface area contributed by atoms with Crippen LogP contribution in [0.5, 0.6) is 17.2 Å². The van der Waals surface area contributed by atoms with Crippen LogP contribution in [0.3, 0.4) is 0 Å². The second-order valence-electron chi connectivity index (χ2n) is 6.97. The van der Waals surface area contributed by atoms with Crippen molar-refractivity contribution in [2.24, 2.45) is 5.10 Å². The fraction of sp³-hybridized carbons (Fsp3) is 0.182. The zero-order chi connectivity index (χ0) is 20.0. The van der Waals surface area contributed by atoms with Crippen molar-refractivity contribution in [1.29, 1.82) is 0 Å². The molecule has 29 heavy (non-hydrogen) atoms. The Morgan fingerprint density at radius 2 is 2.10 bits per heavy atom. The molecule has 0 bridgehead atoms. The lowest BCUT2D eigenvalue weighted by atomic mass is 9.95. The molecule has 2 aliphatic rings. The molecule has 0 saturated carbocycles. The first-order valence-electron chi connectivity index (χ1n) is 9.23. The SMILES string of the molecule is COc1ccc(O)c(C2=NN3[C@@H](C2)c2cc(Cl)ccc2O[C@H]3c2cccnc2)c1. The second-order valence-corrected chi connectivity index (χ2v) is 7.40. The number of aromatic nitrogens is 1. The summed E-state index contributed by atoms with van der Waals surface area (Å²) in [4.78, 5) is 4.23. The Labute approximate surface area is 173 Å². The molecule has 0 fully saturated rings. The molecule has 5 rings (SSSR count). The van der Waals surface area contributed by atoms with Crippen molar-refractivity contribution in [3.63, 3.8) is 0 Å². The smallest absolute Gasteiger partial charge is 0.215 e. The fourth-order valence-electron chi connectivity index (χ4n) is 3.84. The van der Waals surface area contributed by atoms with E-state index >= 15 is 0 Å². The van der Waals surface area contributed by atoms with Gasteiger partial charge >= 0.3 is 0 Å². The van der Waals surface area contributed by atoms with Crippen LogP contribution >= 0.6 is 11.6 Å². The zero-order valence-corrected chi connectivity index (χ0v) is 16.4. The van der Waals surface area contributed by atoms with Crippen molar-refractivity contribution in [1.82, 2.24) is 9.99 Å². The molecule has 3 heterocycles. The monoisotopic (exact) mass is 407 g/mol. The van der Waals surface area contributed by atoms with Gasteiger partial charge in [-0.3, -0.25) is 4.98 Å². The average molecular weight is 408 g/mol. The number of benzene rings is 2. The van der Waals surface area contributed by atoms with E-state index in [2.05, 4.69) is 4.98 Å². The highest BCUT2D eigenvalue weighted by Gasteiger charge is 2.41. The number of ether oxygens (including phenoxy) is 2. The first kappa shape index (κ1) is 17.8. The number of hydrazone groups is 1. The van der Waals surface area contributed by atoms with Gasteiger partial charge in [-0.15, -0.1) is 0 Å². The van der Waals surface area contributed by atoms with Crippen molar-refractivity contribution < 1.29 is 14.6 Å². The Bertz CT molecular complexity index is 1100. The molecule has 0 aliphatic carbocycles. The van der Waals surface area contributed by atoms with Gasteiger partial charge in [0.05, 0.1) is 18.9 Å². The number of hydrogen-bond donors (Lipinski definition) is 1. The van der Waals surface area contributed by atoms with E-state index in [4.69, 9.17) is 26.2 Å². The third-order valence-electron chi connectivity index (χ3n) is 5.24. The van der Waals surface area contributed by atoms with Gasteiger partial charge in [-0.25, -0.2) is 5.01 Å². The number of pyridine rings is 1. The molecule has 0 unspecified atom stereocenters. The number of halogens is 1. The summed E-state index contributed by atoms with van der Waals surface area (Å²) < 4.78 is 11.6. The molecule has 2 atom stereocenters. The maximum Gasteiger partial charge on any atom is 0.215 e.